The molecule has 0 unspecified atom stereocenters. The Morgan fingerprint density at radius 3 is 2.90 bits per heavy atom. The first-order valence-electron chi connectivity index (χ1n) is 6.44. The average molecular weight is 307 g/mol. The van der Waals surface area contributed by atoms with E-state index in [0.717, 1.165) is 27.7 Å². The number of hydrogen-bond acceptors (Lipinski definition) is 5. The molecule has 0 N–H and O–H groups in total. The number of rotatable bonds is 5. The first-order valence-corrected chi connectivity index (χ1v) is 7.89. The SMILES string of the molecule is CCc1nc(-c2cccnc2)sc1N(C)C(=O)CCS. The second-order valence-electron chi connectivity index (χ2n) is 4.29. The summed E-state index contributed by atoms with van der Waals surface area (Å²) in [7, 11) is 1.80. The Morgan fingerprint density at radius 1 is 1.50 bits per heavy atom. The molecule has 0 aliphatic carbocycles. The number of thiazole rings is 1. The molecular weight excluding hydrogens is 290 g/mol. The van der Waals surface area contributed by atoms with Gasteiger partial charge < -0.3 is 4.90 Å². The standard InChI is InChI=1S/C14H17N3OS2/c1-3-11-14(17(2)12(18)6-8-19)20-13(16-11)10-5-4-7-15-9-10/h4-5,7,9,19H,3,6,8H2,1-2H3. The fraction of sp³-hybridized carbons (Fsp3) is 0.357. The molecule has 0 bridgehead atoms. The van der Waals surface area contributed by atoms with Crippen LogP contribution in [0.3, 0.4) is 0 Å². The molecule has 6 heteroatoms. The Kier molecular flexibility index (Phi) is 5.14. The molecule has 4 nitrogen and oxygen atoms in total. The van der Waals surface area contributed by atoms with E-state index in [2.05, 4.69) is 22.6 Å². The number of carbonyl (C=O) groups excluding carboxylic acids is 1. The van der Waals surface area contributed by atoms with Crippen LogP contribution in [0.1, 0.15) is 19.0 Å². The third-order valence-electron chi connectivity index (χ3n) is 2.92. The summed E-state index contributed by atoms with van der Waals surface area (Å²) in [5.74, 6) is 0.620. The highest BCUT2D eigenvalue weighted by atomic mass is 32.1. The Hall–Kier alpha value is -1.40. The van der Waals surface area contributed by atoms with Crippen LogP contribution in [0.25, 0.3) is 10.6 Å². The highest BCUT2D eigenvalue weighted by molar-refractivity contribution is 7.80. The molecule has 2 rings (SSSR count). The van der Waals surface area contributed by atoms with E-state index in [4.69, 9.17) is 0 Å². The fourth-order valence-corrected chi connectivity index (χ4v) is 3.14. The highest BCUT2D eigenvalue weighted by Crippen LogP contribution is 2.34. The predicted octanol–water partition coefficient (Wildman–Crippen LogP) is 3.05. The molecule has 0 fully saturated rings. The lowest BCUT2D eigenvalue weighted by Crippen LogP contribution is -2.26. The summed E-state index contributed by atoms with van der Waals surface area (Å²) >= 11 is 5.64. The predicted molar refractivity (Wildman–Crippen MR) is 86.6 cm³/mol. The van der Waals surface area contributed by atoms with Gasteiger partial charge in [-0.15, -0.1) is 0 Å². The summed E-state index contributed by atoms with van der Waals surface area (Å²) in [6.45, 7) is 2.04. The minimum Gasteiger partial charge on any atom is -0.305 e. The van der Waals surface area contributed by atoms with Gasteiger partial charge in [-0.3, -0.25) is 9.78 Å². The summed E-state index contributed by atoms with van der Waals surface area (Å²) in [6, 6.07) is 3.86. The van der Waals surface area contributed by atoms with Crippen molar-refractivity contribution in [2.45, 2.75) is 19.8 Å². The van der Waals surface area contributed by atoms with Crippen LogP contribution in [0.2, 0.25) is 0 Å². The zero-order valence-corrected chi connectivity index (χ0v) is 13.2. The molecule has 2 heterocycles. The third kappa shape index (κ3) is 3.19. The van der Waals surface area contributed by atoms with Crippen molar-refractivity contribution in [2.24, 2.45) is 0 Å². The summed E-state index contributed by atoms with van der Waals surface area (Å²) in [6.07, 6.45) is 4.76. The van der Waals surface area contributed by atoms with Crippen molar-refractivity contribution < 1.29 is 4.79 Å². The van der Waals surface area contributed by atoms with Gasteiger partial charge in [0.05, 0.1) is 5.69 Å². The van der Waals surface area contributed by atoms with Gasteiger partial charge in [-0.1, -0.05) is 18.3 Å². The molecule has 106 valence electrons. The Bertz CT molecular complexity index is 583. The van der Waals surface area contributed by atoms with E-state index < -0.39 is 0 Å². The number of carbonyl (C=O) groups is 1. The van der Waals surface area contributed by atoms with Crippen LogP contribution in [0, 0.1) is 0 Å². The lowest BCUT2D eigenvalue weighted by molar-refractivity contribution is -0.117. The fourth-order valence-electron chi connectivity index (χ4n) is 1.83. The first-order chi connectivity index (χ1) is 9.67. The number of pyridine rings is 1. The summed E-state index contributed by atoms with van der Waals surface area (Å²) in [4.78, 5) is 22.4. The van der Waals surface area contributed by atoms with Gasteiger partial charge in [0.2, 0.25) is 5.91 Å². The van der Waals surface area contributed by atoms with E-state index in [1.807, 2.05) is 19.1 Å². The zero-order valence-electron chi connectivity index (χ0n) is 11.5. The van der Waals surface area contributed by atoms with E-state index in [1.54, 1.807) is 24.3 Å². The largest absolute Gasteiger partial charge is 0.305 e. The minimum atomic E-state index is 0.0658. The van der Waals surface area contributed by atoms with Crippen molar-refractivity contribution in [3.8, 4) is 10.6 Å². The topological polar surface area (TPSA) is 46.1 Å². The smallest absolute Gasteiger partial charge is 0.228 e. The van der Waals surface area contributed by atoms with Gasteiger partial charge in [-0.05, 0) is 24.3 Å². The quantitative estimate of drug-likeness (QED) is 0.864. The number of anilines is 1. The maximum absolute atomic E-state index is 12.0. The Morgan fingerprint density at radius 2 is 2.30 bits per heavy atom. The van der Waals surface area contributed by atoms with Crippen LogP contribution in [-0.2, 0) is 11.2 Å². The molecular formula is C14H17N3OS2. The monoisotopic (exact) mass is 307 g/mol. The maximum atomic E-state index is 12.0. The number of thiol groups is 1. The van der Waals surface area contributed by atoms with Gasteiger partial charge in [0, 0.05) is 31.4 Å². The van der Waals surface area contributed by atoms with Crippen molar-refractivity contribution in [2.75, 3.05) is 17.7 Å². The normalized spacial score (nSPS) is 10.6. The van der Waals surface area contributed by atoms with Crippen LogP contribution in [0.4, 0.5) is 5.00 Å². The van der Waals surface area contributed by atoms with E-state index in [0.29, 0.717) is 12.2 Å². The molecule has 20 heavy (non-hydrogen) atoms. The molecule has 0 atom stereocenters. The number of amides is 1. The van der Waals surface area contributed by atoms with E-state index >= 15 is 0 Å². The summed E-state index contributed by atoms with van der Waals surface area (Å²) in [5, 5.41) is 1.81. The van der Waals surface area contributed by atoms with Crippen molar-refractivity contribution >= 4 is 34.9 Å². The van der Waals surface area contributed by atoms with Crippen molar-refractivity contribution in [3.05, 3.63) is 30.2 Å². The van der Waals surface area contributed by atoms with Crippen molar-refractivity contribution in [1.29, 1.82) is 0 Å². The first kappa shape index (κ1) is 15.0. The average Bonchev–Trinajstić information content (AvgIpc) is 2.91. The van der Waals surface area contributed by atoms with Gasteiger partial charge >= 0.3 is 0 Å². The summed E-state index contributed by atoms with van der Waals surface area (Å²) < 4.78 is 0. The van der Waals surface area contributed by atoms with Crippen LogP contribution in [0.5, 0.6) is 0 Å². The molecule has 0 aliphatic heterocycles. The van der Waals surface area contributed by atoms with Gasteiger partial charge in [0.1, 0.15) is 10.0 Å². The van der Waals surface area contributed by atoms with Crippen LogP contribution >= 0.6 is 24.0 Å². The second kappa shape index (κ2) is 6.85. The molecule has 0 aromatic carbocycles. The molecule has 0 aliphatic rings. The zero-order chi connectivity index (χ0) is 14.5. The van der Waals surface area contributed by atoms with Gasteiger partial charge in [0.25, 0.3) is 0 Å². The second-order valence-corrected chi connectivity index (χ2v) is 5.72. The van der Waals surface area contributed by atoms with Crippen molar-refractivity contribution in [1.82, 2.24) is 9.97 Å². The lowest BCUT2D eigenvalue weighted by Gasteiger charge is -2.15. The number of aryl methyl sites for hydroxylation is 1. The van der Waals surface area contributed by atoms with Crippen LogP contribution in [-0.4, -0.2) is 28.7 Å². The van der Waals surface area contributed by atoms with Crippen LogP contribution < -0.4 is 4.90 Å². The summed E-state index contributed by atoms with van der Waals surface area (Å²) in [5.41, 5.74) is 1.93. The third-order valence-corrected chi connectivity index (χ3v) is 4.37. The van der Waals surface area contributed by atoms with E-state index in [-0.39, 0.29) is 5.91 Å². The van der Waals surface area contributed by atoms with Crippen molar-refractivity contribution in [3.63, 3.8) is 0 Å². The van der Waals surface area contributed by atoms with E-state index in [1.165, 1.54) is 11.3 Å². The molecule has 1 amide bonds. The molecule has 2 aromatic heterocycles. The molecule has 0 saturated carbocycles. The lowest BCUT2D eigenvalue weighted by atomic mass is 10.3. The molecule has 0 saturated heterocycles. The number of aromatic nitrogens is 2. The molecule has 0 radical (unpaired) electrons. The van der Waals surface area contributed by atoms with E-state index in [9.17, 15) is 4.79 Å². The van der Waals surface area contributed by atoms with Gasteiger partial charge in [-0.2, -0.15) is 12.6 Å². The highest BCUT2D eigenvalue weighted by Gasteiger charge is 2.18. The van der Waals surface area contributed by atoms with Gasteiger partial charge in [-0.25, -0.2) is 4.98 Å². The maximum Gasteiger partial charge on any atom is 0.228 e. The van der Waals surface area contributed by atoms with Gasteiger partial charge in [0.15, 0.2) is 0 Å². The number of nitrogens with zero attached hydrogens (tertiary/aromatic N) is 3. The minimum absolute atomic E-state index is 0.0658. The van der Waals surface area contributed by atoms with Crippen LogP contribution in [0.15, 0.2) is 24.5 Å². The molecule has 2 aromatic rings. The Labute approximate surface area is 128 Å². The number of hydrogen-bond donors (Lipinski definition) is 1. The molecule has 0 spiro atoms. The Balaban J connectivity index is 2.34.